The second-order valence-corrected chi connectivity index (χ2v) is 3.99. The highest BCUT2D eigenvalue weighted by molar-refractivity contribution is 5.77. The zero-order valence-electron chi connectivity index (χ0n) is 9.78. The maximum absolute atomic E-state index is 5.58. The molecule has 3 aromatic rings. The van der Waals surface area contributed by atoms with Gasteiger partial charge in [0.25, 0.3) is 0 Å². The molecule has 1 heterocycles. The van der Waals surface area contributed by atoms with Crippen LogP contribution in [0, 0.1) is 0 Å². The molecule has 0 fully saturated rings. The summed E-state index contributed by atoms with van der Waals surface area (Å²) in [5.41, 5.74) is 2.00. The monoisotopic (exact) mass is 236 g/mol. The fourth-order valence-electron chi connectivity index (χ4n) is 1.75. The first-order valence-electron chi connectivity index (χ1n) is 5.80. The van der Waals surface area contributed by atoms with Gasteiger partial charge in [-0.2, -0.15) is 4.98 Å². The van der Waals surface area contributed by atoms with E-state index in [2.05, 4.69) is 9.97 Å². The molecule has 1 aromatic heterocycles. The molecule has 0 saturated carbocycles. The van der Waals surface area contributed by atoms with Crippen molar-refractivity contribution in [1.82, 2.24) is 9.97 Å². The van der Waals surface area contributed by atoms with Crippen molar-refractivity contribution in [2.75, 3.05) is 0 Å². The fraction of sp³-hybridized carbons (Fsp3) is 0.0667. The van der Waals surface area contributed by atoms with Crippen LogP contribution in [0.25, 0.3) is 10.9 Å². The Morgan fingerprint density at radius 2 is 1.67 bits per heavy atom. The van der Waals surface area contributed by atoms with E-state index in [1.165, 1.54) is 0 Å². The minimum atomic E-state index is 0.414. The van der Waals surface area contributed by atoms with Gasteiger partial charge in [-0.25, -0.2) is 4.98 Å². The second-order valence-electron chi connectivity index (χ2n) is 3.99. The van der Waals surface area contributed by atoms with Crippen LogP contribution in [0.15, 0.2) is 60.8 Å². The summed E-state index contributed by atoms with van der Waals surface area (Å²) in [6, 6.07) is 18.3. The Bertz CT molecular complexity index is 653. The van der Waals surface area contributed by atoms with Crippen LogP contribution in [-0.4, -0.2) is 9.97 Å². The van der Waals surface area contributed by atoms with Crippen LogP contribution in [0.4, 0.5) is 0 Å². The van der Waals surface area contributed by atoms with Crippen LogP contribution < -0.4 is 4.74 Å². The molecule has 88 valence electrons. The molecule has 0 unspecified atom stereocenters. The lowest BCUT2D eigenvalue weighted by atomic mass is 10.2. The van der Waals surface area contributed by atoms with Gasteiger partial charge in [-0.1, -0.05) is 48.5 Å². The molecule has 18 heavy (non-hydrogen) atoms. The molecule has 0 atom stereocenters. The number of para-hydroxylation sites is 1. The van der Waals surface area contributed by atoms with Crippen LogP contribution in [0.1, 0.15) is 5.56 Å². The van der Waals surface area contributed by atoms with Crippen molar-refractivity contribution in [3.05, 3.63) is 66.4 Å². The van der Waals surface area contributed by atoms with E-state index in [4.69, 9.17) is 4.74 Å². The Morgan fingerprint density at radius 1 is 0.889 bits per heavy atom. The van der Waals surface area contributed by atoms with Crippen LogP contribution >= 0.6 is 0 Å². The largest absolute Gasteiger partial charge is 0.459 e. The summed E-state index contributed by atoms with van der Waals surface area (Å²) in [4.78, 5) is 8.55. The van der Waals surface area contributed by atoms with E-state index in [1.54, 1.807) is 6.20 Å². The number of hydrogen-bond acceptors (Lipinski definition) is 3. The zero-order chi connectivity index (χ0) is 12.2. The summed E-state index contributed by atoms with van der Waals surface area (Å²) in [5, 5.41) is 1.02. The van der Waals surface area contributed by atoms with E-state index in [-0.39, 0.29) is 0 Å². The zero-order valence-corrected chi connectivity index (χ0v) is 9.78. The van der Waals surface area contributed by atoms with E-state index in [0.717, 1.165) is 16.5 Å². The van der Waals surface area contributed by atoms with Crippen LogP contribution in [-0.2, 0) is 6.61 Å². The molecule has 3 nitrogen and oxygen atoms in total. The first-order chi connectivity index (χ1) is 8.92. The van der Waals surface area contributed by atoms with Crippen molar-refractivity contribution in [3.8, 4) is 6.01 Å². The van der Waals surface area contributed by atoms with E-state index in [9.17, 15) is 0 Å². The highest BCUT2D eigenvalue weighted by atomic mass is 16.5. The van der Waals surface area contributed by atoms with E-state index < -0.39 is 0 Å². The molecule has 3 rings (SSSR count). The second kappa shape index (κ2) is 4.84. The van der Waals surface area contributed by atoms with Crippen LogP contribution in [0.2, 0.25) is 0 Å². The van der Waals surface area contributed by atoms with Crippen molar-refractivity contribution in [2.45, 2.75) is 6.61 Å². The van der Waals surface area contributed by atoms with Gasteiger partial charge in [0.15, 0.2) is 0 Å². The normalized spacial score (nSPS) is 10.4. The van der Waals surface area contributed by atoms with E-state index >= 15 is 0 Å². The number of aromatic nitrogens is 2. The third-order valence-corrected chi connectivity index (χ3v) is 2.68. The summed E-state index contributed by atoms with van der Waals surface area (Å²) < 4.78 is 5.58. The van der Waals surface area contributed by atoms with E-state index in [0.29, 0.717) is 12.6 Å². The van der Waals surface area contributed by atoms with Crippen molar-refractivity contribution in [2.24, 2.45) is 0 Å². The third kappa shape index (κ3) is 2.30. The third-order valence-electron chi connectivity index (χ3n) is 2.68. The number of hydrogen-bond donors (Lipinski definition) is 0. The highest BCUT2D eigenvalue weighted by Gasteiger charge is 2.00. The van der Waals surface area contributed by atoms with Crippen molar-refractivity contribution in [3.63, 3.8) is 0 Å². The average Bonchev–Trinajstić information content (AvgIpc) is 2.46. The maximum atomic E-state index is 5.58. The van der Waals surface area contributed by atoms with Gasteiger partial charge in [0, 0.05) is 11.6 Å². The maximum Gasteiger partial charge on any atom is 0.317 e. The predicted octanol–water partition coefficient (Wildman–Crippen LogP) is 3.21. The molecule has 2 aromatic carbocycles. The molecule has 0 radical (unpaired) electrons. The molecule has 0 aliphatic carbocycles. The Morgan fingerprint density at radius 3 is 2.56 bits per heavy atom. The van der Waals surface area contributed by atoms with Gasteiger partial charge >= 0.3 is 6.01 Å². The first-order valence-corrected chi connectivity index (χ1v) is 5.80. The Balaban J connectivity index is 1.79. The lowest BCUT2D eigenvalue weighted by molar-refractivity contribution is 0.282. The lowest BCUT2D eigenvalue weighted by Crippen LogP contribution is -1.99. The van der Waals surface area contributed by atoms with Gasteiger partial charge in [-0.15, -0.1) is 0 Å². The number of nitrogens with zero attached hydrogens (tertiary/aromatic N) is 2. The van der Waals surface area contributed by atoms with Gasteiger partial charge in [0.2, 0.25) is 0 Å². The van der Waals surface area contributed by atoms with Crippen molar-refractivity contribution in [1.29, 1.82) is 0 Å². The van der Waals surface area contributed by atoms with Crippen LogP contribution in [0.5, 0.6) is 6.01 Å². The highest BCUT2D eigenvalue weighted by Crippen LogP contribution is 2.13. The number of benzene rings is 2. The number of rotatable bonds is 3. The number of fused-ring (bicyclic) bond motifs is 1. The van der Waals surface area contributed by atoms with Gasteiger partial charge in [-0.05, 0) is 11.6 Å². The molecule has 0 aliphatic rings. The first kappa shape index (κ1) is 10.7. The Hall–Kier alpha value is -2.42. The van der Waals surface area contributed by atoms with Gasteiger partial charge in [0.1, 0.15) is 6.61 Å². The average molecular weight is 236 g/mol. The molecule has 0 amide bonds. The summed E-state index contributed by atoms with van der Waals surface area (Å²) in [5.74, 6) is 0. The lowest BCUT2D eigenvalue weighted by Gasteiger charge is -2.04. The van der Waals surface area contributed by atoms with Crippen molar-refractivity contribution >= 4 is 10.9 Å². The van der Waals surface area contributed by atoms with Crippen molar-refractivity contribution < 1.29 is 4.74 Å². The quantitative estimate of drug-likeness (QED) is 0.700. The fourth-order valence-corrected chi connectivity index (χ4v) is 1.75. The summed E-state index contributed by atoms with van der Waals surface area (Å²) >= 11 is 0. The van der Waals surface area contributed by atoms with Gasteiger partial charge < -0.3 is 4.74 Å². The molecule has 0 N–H and O–H groups in total. The summed E-state index contributed by atoms with van der Waals surface area (Å²) in [6.45, 7) is 0.485. The SMILES string of the molecule is c1ccc(COc2ncc3ccccc3n2)cc1. The summed E-state index contributed by atoms with van der Waals surface area (Å²) in [7, 11) is 0. The van der Waals surface area contributed by atoms with Gasteiger partial charge in [0.05, 0.1) is 5.52 Å². The minimum absolute atomic E-state index is 0.414. The molecule has 0 aliphatic heterocycles. The molecule has 0 bridgehead atoms. The molecular formula is C15H12N2O. The van der Waals surface area contributed by atoms with E-state index in [1.807, 2.05) is 54.6 Å². The predicted molar refractivity (Wildman–Crippen MR) is 70.3 cm³/mol. The Labute approximate surface area is 105 Å². The molecular weight excluding hydrogens is 224 g/mol. The molecule has 3 heteroatoms. The molecule has 0 saturated heterocycles. The topological polar surface area (TPSA) is 35.0 Å². The minimum Gasteiger partial charge on any atom is -0.459 e. The number of ether oxygens (including phenoxy) is 1. The standard InChI is InChI=1S/C15H12N2O/c1-2-6-12(7-3-1)11-18-15-16-10-13-8-4-5-9-14(13)17-15/h1-10H,11H2. The summed E-state index contributed by atoms with van der Waals surface area (Å²) in [6.07, 6.45) is 1.78. The smallest absolute Gasteiger partial charge is 0.317 e. The molecule has 0 spiro atoms. The van der Waals surface area contributed by atoms with Crippen LogP contribution in [0.3, 0.4) is 0 Å². The van der Waals surface area contributed by atoms with Gasteiger partial charge in [-0.3, -0.25) is 0 Å². The Kier molecular flexibility index (Phi) is 2.88.